The highest BCUT2D eigenvalue weighted by Gasteiger charge is 2.08. The first-order chi connectivity index (χ1) is 11.1. The normalized spacial score (nSPS) is 10.9. The Morgan fingerprint density at radius 1 is 1.22 bits per heavy atom. The van der Waals surface area contributed by atoms with Gasteiger partial charge in [-0.2, -0.15) is 5.10 Å². The van der Waals surface area contributed by atoms with Gasteiger partial charge in [0, 0.05) is 41.8 Å². The molecule has 5 nitrogen and oxygen atoms in total. The minimum Gasteiger partial charge on any atom is -0.399 e. The van der Waals surface area contributed by atoms with Gasteiger partial charge in [0.2, 0.25) is 0 Å². The van der Waals surface area contributed by atoms with Crippen molar-refractivity contribution in [3.63, 3.8) is 0 Å². The van der Waals surface area contributed by atoms with E-state index in [-0.39, 0.29) is 5.56 Å². The number of halogens is 1. The van der Waals surface area contributed by atoms with Crippen molar-refractivity contribution >= 4 is 17.3 Å². The summed E-state index contributed by atoms with van der Waals surface area (Å²) in [7, 11) is 0. The van der Waals surface area contributed by atoms with Gasteiger partial charge in [-0.15, -0.1) is 0 Å². The van der Waals surface area contributed by atoms with Crippen LogP contribution in [0.15, 0.2) is 53.7 Å². The lowest BCUT2D eigenvalue weighted by molar-refractivity contribution is 0.648. The summed E-state index contributed by atoms with van der Waals surface area (Å²) in [5, 5.41) is 4.95. The van der Waals surface area contributed by atoms with Gasteiger partial charge in [0.15, 0.2) is 0 Å². The summed E-state index contributed by atoms with van der Waals surface area (Å²) < 4.78 is 3.42. The number of nitrogens with zero attached hydrogens (tertiary/aromatic N) is 3. The van der Waals surface area contributed by atoms with Crippen LogP contribution in [0.2, 0.25) is 5.02 Å². The number of hydrogen-bond donors (Lipinski definition) is 1. The molecule has 2 aromatic heterocycles. The SMILES string of the molecule is CCCn1cc(-n2cc(-c3ccc(N)cc3Cl)cn2)ccc1=O. The summed E-state index contributed by atoms with van der Waals surface area (Å²) in [5.41, 5.74) is 8.93. The van der Waals surface area contributed by atoms with Gasteiger partial charge in [0.05, 0.1) is 16.9 Å². The zero-order valence-electron chi connectivity index (χ0n) is 12.7. The molecule has 0 spiro atoms. The Labute approximate surface area is 138 Å². The Hall–Kier alpha value is -2.53. The minimum absolute atomic E-state index is 0.00967. The van der Waals surface area contributed by atoms with E-state index in [0.29, 0.717) is 17.3 Å². The molecule has 118 valence electrons. The van der Waals surface area contributed by atoms with E-state index in [1.807, 2.05) is 25.4 Å². The van der Waals surface area contributed by atoms with Gasteiger partial charge < -0.3 is 10.3 Å². The Bertz CT molecular complexity index is 898. The molecule has 0 aliphatic carbocycles. The maximum atomic E-state index is 11.8. The topological polar surface area (TPSA) is 65.8 Å². The third-order valence-electron chi connectivity index (χ3n) is 3.58. The number of anilines is 1. The molecular formula is C17H17ClN4O. The Kier molecular flexibility index (Phi) is 4.21. The van der Waals surface area contributed by atoms with Crippen LogP contribution in [0.3, 0.4) is 0 Å². The van der Waals surface area contributed by atoms with Crippen molar-refractivity contribution in [2.45, 2.75) is 19.9 Å². The van der Waals surface area contributed by atoms with Crippen LogP contribution in [0.4, 0.5) is 5.69 Å². The maximum Gasteiger partial charge on any atom is 0.250 e. The molecule has 0 saturated heterocycles. The fourth-order valence-electron chi connectivity index (χ4n) is 2.44. The van der Waals surface area contributed by atoms with Gasteiger partial charge in [-0.1, -0.05) is 24.6 Å². The molecular weight excluding hydrogens is 312 g/mol. The molecule has 2 N–H and O–H groups in total. The average molecular weight is 329 g/mol. The van der Waals surface area contributed by atoms with Crippen molar-refractivity contribution in [1.82, 2.24) is 14.3 Å². The quantitative estimate of drug-likeness (QED) is 0.747. The molecule has 2 heterocycles. The number of nitrogen functional groups attached to an aromatic ring is 1. The van der Waals surface area contributed by atoms with E-state index in [0.717, 1.165) is 23.2 Å². The number of rotatable bonds is 4. The average Bonchev–Trinajstić information content (AvgIpc) is 2.99. The number of hydrogen-bond acceptors (Lipinski definition) is 3. The number of aromatic nitrogens is 3. The molecule has 6 heteroatoms. The first-order valence-corrected chi connectivity index (χ1v) is 7.77. The molecule has 0 bridgehead atoms. The third-order valence-corrected chi connectivity index (χ3v) is 3.90. The Balaban J connectivity index is 1.99. The van der Waals surface area contributed by atoms with E-state index >= 15 is 0 Å². The molecule has 3 rings (SSSR count). The van der Waals surface area contributed by atoms with E-state index in [4.69, 9.17) is 17.3 Å². The van der Waals surface area contributed by atoms with Crippen LogP contribution in [0.1, 0.15) is 13.3 Å². The highest BCUT2D eigenvalue weighted by Crippen LogP contribution is 2.29. The zero-order valence-corrected chi connectivity index (χ0v) is 13.5. The first-order valence-electron chi connectivity index (χ1n) is 7.39. The number of aryl methyl sites for hydroxylation is 1. The predicted octanol–water partition coefficient (Wildman–Crippen LogP) is 3.35. The molecule has 0 fully saturated rings. The molecule has 0 aliphatic heterocycles. The van der Waals surface area contributed by atoms with Crippen LogP contribution in [0.5, 0.6) is 0 Å². The summed E-state index contributed by atoms with van der Waals surface area (Å²) in [6, 6.07) is 8.71. The number of pyridine rings is 1. The van der Waals surface area contributed by atoms with E-state index < -0.39 is 0 Å². The number of nitrogens with two attached hydrogens (primary N) is 1. The molecule has 0 saturated carbocycles. The highest BCUT2D eigenvalue weighted by atomic mass is 35.5. The molecule has 23 heavy (non-hydrogen) atoms. The van der Waals surface area contributed by atoms with Crippen LogP contribution in [-0.4, -0.2) is 14.3 Å². The van der Waals surface area contributed by atoms with Gasteiger partial charge in [0.25, 0.3) is 5.56 Å². The van der Waals surface area contributed by atoms with Gasteiger partial charge in [-0.05, 0) is 24.6 Å². The fraction of sp³-hybridized carbons (Fsp3) is 0.176. The van der Waals surface area contributed by atoms with Gasteiger partial charge in [-0.25, -0.2) is 4.68 Å². The standard InChI is InChI=1S/C17H17ClN4O/c1-2-7-21-11-14(4-6-17(21)23)22-10-12(9-20-22)15-5-3-13(19)8-16(15)18/h3-6,8-11H,2,7,19H2,1H3. The highest BCUT2D eigenvalue weighted by molar-refractivity contribution is 6.33. The van der Waals surface area contributed by atoms with Crippen LogP contribution < -0.4 is 11.3 Å². The van der Waals surface area contributed by atoms with Crippen LogP contribution in [0.25, 0.3) is 16.8 Å². The Morgan fingerprint density at radius 3 is 2.78 bits per heavy atom. The summed E-state index contributed by atoms with van der Waals surface area (Å²) in [4.78, 5) is 11.8. The van der Waals surface area contributed by atoms with Crippen molar-refractivity contribution in [2.75, 3.05) is 5.73 Å². The lowest BCUT2D eigenvalue weighted by Gasteiger charge is -2.07. The molecule has 3 aromatic rings. The van der Waals surface area contributed by atoms with E-state index in [2.05, 4.69) is 5.10 Å². The van der Waals surface area contributed by atoms with Crippen molar-refractivity contribution in [3.05, 3.63) is 64.3 Å². The molecule has 0 amide bonds. The van der Waals surface area contributed by atoms with Crippen molar-refractivity contribution in [2.24, 2.45) is 0 Å². The molecule has 1 aromatic carbocycles. The summed E-state index contributed by atoms with van der Waals surface area (Å²) >= 11 is 6.24. The van der Waals surface area contributed by atoms with Crippen molar-refractivity contribution in [1.29, 1.82) is 0 Å². The second kappa shape index (κ2) is 6.30. The fourth-order valence-corrected chi connectivity index (χ4v) is 2.74. The van der Waals surface area contributed by atoms with Gasteiger partial charge in [0.1, 0.15) is 0 Å². The lowest BCUT2D eigenvalue weighted by Crippen LogP contribution is -2.19. The summed E-state index contributed by atoms with van der Waals surface area (Å²) in [6.07, 6.45) is 6.34. The van der Waals surface area contributed by atoms with Crippen LogP contribution >= 0.6 is 11.6 Å². The summed E-state index contributed by atoms with van der Waals surface area (Å²) in [5.74, 6) is 0. The predicted molar refractivity (Wildman–Crippen MR) is 93.0 cm³/mol. The van der Waals surface area contributed by atoms with Gasteiger partial charge in [-0.3, -0.25) is 4.79 Å². The van der Waals surface area contributed by atoms with E-state index in [1.54, 1.807) is 39.7 Å². The largest absolute Gasteiger partial charge is 0.399 e. The van der Waals surface area contributed by atoms with Crippen molar-refractivity contribution in [3.8, 4) is 16.8 Å². The minimum atomic E-state index is -0.00967. The molecule has 0 unspecified atom stereocenters. The second-order valence-corrected chi connectivity index (χ2v) is 5.74. The zero-order chi connectivity index (χ0) is 16.4. The van der Waals surface area contributed by atoms with Crippen molar-refractivity contribution < 1.29 is 0 Å². The van der Waals surface area contributed by atoms with Crippen LogP contribution in [-0.2, 0) is 6.54 Å². The monoisotopic (exact) mass is 328 g/mol. The lowest BCUT2D eigenvalue weighted by atomic mass is 10.1. The third kappa shape index (κ3) is 3.14. The maximum absolute atomic E-state index is 11.8. The molecule has 0 atom stereocenters. The van der Waals surface area contributed by atoms with E-state index in [1.165, 1.54) is 0 Å². The summed E-state index contributed by atoms with van der Waals surface area (Å²) in [6.45, 7) is 2.72. The van der Waals surface area contributed by atoms with E-state index in [9.17, 15) is 4.79 Å². The van der Waals surface area contributed by atoms with Crippen LogP contribution in [0, 0.1) is 0 Å². The smallest absolute Gasteiger partial charge is 0.250 e. The second-order valence-electron chi connectivity index (χ2n) is 5.33. The Morgan fingerprint density at radius 2 is 2.04 bits per heavy atom. The first kappa shape index (κ1) is 15.4. The van der Waals surface area contributed by atoms with Gasteiger partial charge >= 0.3 is 0 Å². The molecule has 0 radical (unpaired) electrons. The number of benzene rings is 1. The molecule has 0 aliphatic rings.